The van der Waals surface area contributed by atoms with Gasteiger partial charge in [0.05, 0.1) is 19.8 Å². The van der Waals surface area contributed by atoms with Gasteiger partial charge in [-0.25, -0.2) is 0 Å². The number of hydrogen-bond donors (Lipinski definition) is 1. The molecule has 0 amide bonds. The SMILES string of the molecule is CCCOc1cc(N)cc(N(CCOC)C(C)COC)c1. The minimum atomic E-state index is 0.228. The van der Waals surface area contributed by atoms with Crippen molar-refractivity contribution in [3.8, 4) is 5.75 Å². The lowest BCUT2D eigenvalue weighted by molar-refractivity contribution is 0.171. The molecule has 5 heteroatoms. The lowest BCUT2D eigenvalue weighted by Crippen LogP contribution is -2.38. The summed E-state index contributed by atoms with van der Waals surface area (Å²) in [6, 6.07) is 6.06. The molecule has 1 aromatic rings. The van der Waals surface area contributed by atoms with Crippen LogP contribution in [0.5, 0.6) is 5.75 Å². The maximum absolute atomic E-state index is 6.00. The Hall–Kier alpha value is -1.46. The summed E-state index contributed by atoms with van der Waals surface area (Å²) in [7, 11) is 3.41. The van der Waals surface area contributed by atoms with E-state index in [1.807, 2.05) is 18.2 Å². The Balaban J connectivity index is 2.96. The minimum Gasteiger partial charge on any atom is -0.493 e. The molecule has 1 rings (SSSR count). The van der Waals surface area contributed by atoms with Crippen molar-refractivity contribution < 1.29 is 14.2 Å². The first-order chi connectivity index (χ1) is 10.1. The lowest BCUT2D eigenvalue weighted by Gasteiger charge is -2.31. The largest absolute Gasteiger partial charge is 0.493 e. The van der Waals surface area contributed by atoms with E-state index < -0.39 is 0 Å². The van der Waals surface area contributed by atoms with E-state index in [-0.39, 0.29) is 6.04 Å². The van der Waals surface area contributed by atoms with E-state index in [0.717, 1.165) is 24.4 Å². The van der Waals surface area contributed by atoms with Crippen LogP contribution in [0.15, 0.2) is 18.2 Å². The van der Waals surface area contributed by atoms with Gasteiger partial charge >= 0.3 is 0 Å². The van der Waals surface area contributed by atoms with Crippen molar-refractivity contribution in [3.05, 3.63) is 18.2 Å². The molecule has 0 saturated heterocycles. The van der Waals surface area contributed by atoms with E-state index in [0.29, 0.717) is 25.5 Å². The number of hydrogen-bond acceptors (Lipinski definition) is 5. The molecule has 0 saturated carbocycles. The van der Waals surface area contributed by atoms with Crippen molar-refractivity contribution in [3.63, 3.8) is 0 Å². The molecule has 0 aliphatic carbocycles. The summed E-state index contributed by atoms with van der Waals surface area (Å²) in [6.45, 7) is 6.96. The average molecular weight is 296 g/mol. The topological polar surface area (TPSA) is 57.0 Å². The molecule has 0 fully saturated rings. The average Bonchev–Trinajstić information content (AvgIpc) is 2.45. The molecule has 0 aliphatic heterocycles. The van der Waals surface area contributed by atoms with Gasteiger partial charge in [-0.1, -0.05) is 6.92 Å². The van der Waals surface area contributed by atoms with Gasteiger partial charge in [0.1, 0.15) is 5.75 Å². The predicted octanol–water partition coefficient (Wildman–Crippen LogP) is 2.55. The molecule has 2 N–H and O–H groups in total. The number of nitrogens with zero attached hydrogens (tertiary/aromatic N) is 1. The van der Waals surface area contributed by atoms with Crippen LogP contribution in [0, 0.1) is 0 Å². The van der Waals surface area contributed by atoms with Gasteiger partial charge in [-0.2, -0.15) is 0 Å². The first-order valence-electron chi connectivity index (χ1n) is 7.40. The number of methoxy groups -OCH3 is 2. The molecule has 1 aromatic carbocycles. The van der Waals surface area contributed by atoms with Gasteiger partial charge in [0, 0.05) is 50.3 Å². The fraction of sp³-hybridized carbons (Fsp3) is 0.625. The zero-order valence-corrected chi connectivity index (χ0v) is 13.6. The van der Waals surface area contributed by atoms with Crippen molar-refractivity contribution >= 4 is 11.4 Å². The Morgan fingerprint density at radius 1 is 1.14 bits per heavy atom. The summed E-state index contributed by atoms with van der Waals surface area (Å²) in [6.07, 6.45) is 0.970. The second-order valence-corrected chi connectivity index (χ2v) is 5.10. The van der Waals surface area contributed by atoms with E-state index in [1.165, 1.54) is 0 Å². The maximum atomic E-state index is 6.00. The van der Waals surface area contributed by atoms with Gasteiger partial charge in [0.15, 0.2) is 0 Å². The zero-order chi connectivity index (χ0) is 15.7. The lowest BCUT2D eigenvalue weighted by atomic mass is 10.2. The predicted molar refractivity (Wildman–Crippen MR) is 87.2 cm³/mol. The molecule has 1 unspecified atom stereocenters. The van der Waals surface area contributed by atoms with Gasteiger partial charge in [0.2, 0.25) is 0 Å². The smallest absolute Gasteiger partial charge is 0.123 e. The highest BCUT2D eigenvalue weighted by atomic mass is 16.5. The fourth-order valence-corrected chi connectivity index (χ4v) is 2.20. The summed E-state index contributed by atoms with van der Waals surface area (Å²) >= 11 is 0. The summed E-state index contributed by atoms with van der Waals surface area (Å²) in [4.78, 5) is 2.22. The number of anilines is 2. The van der Waals surface area contributed by atoms with Crippen molar-refractivity contribution in [1.82, 2.24) is 0 Å². The molecule has 0 radical (unpaired) electrons. The molecule has 21 heavy (non-hydrogen) atoms. The fourth-order valence-electron chi connectivity index (χ4n) is 2.20. The number of rotatable bonds is 10. The van der Waals surface area contributed by atoms with Crippen LogP contribution in [0.4, 0.5) is 11.4 Å². The molecule has 1 atom stereocenters. The Bertz CT molecular complexity index is 413. The van der Waals surface area contributed by atoms with E-state index in [1.54, 1.807) is 14.2 Å². The quantitative estimate of drug-likeness (QED) is 0.672. The Morgan fingerprint density at radius 3 is 2.52 bits per heavy atom. The van der Waals surface area contributed by atoms with Gasteiger partial charge in [-0.15, -0.1) is 0 Å². The second kappa shape index (κ2) is 9.47. The Morgan fingerprint density at radius 2 is 1.90 bits per heavy atom. The van der Waals surface area contributed by atoms with Crippen molar-refractivity contribution in [2.24, 2.45) is 0 Å². The van der Waals surface area contributed by atoms with Crippen LogP contribution >= 0.6 is 0 Å². The van der Waals surface area contributed by atoms with E-state index in [2.05, 4.69) is 18.7 Å². The van der Waals surface area contributed by atoms with Crippen LogP contribution in [-0.2, 0) is 9.47 Å². The molecular weight excluding hydrogens is 268 g/mol. The molecule has 5 nitrogen and oxygen atoms in total. The zero-order valence-electron chi connectivity index (χ0n) is 13.6. The maximum Gasteiger partial charge on any atom is 0.123 e. The summed E-state index contributed by atoms with van der Waals surface area (Å²) in [5.74, 6) is 0.805. The van der Waals surface area contributed by atoms with Gasteiger partial charge in [-0.05, 0) is 19.4 Å². The highest BCUT2D eigenvalue weighted by Crippen LogP contribution is 2.27. The second-order valence-electron chi connectivity index (χ2n) is 5.10. The van der Waals surface area contributed by atoms with E-state index >= 15 is 0 Å². The van der Waals surface area contributed by atoms with Crippen LogP contribution in [0.2, 0.25) is 0 Å². The molecule has 0 spiro atoms. The first kappa shape index (κ1) is 17.6. The Labute approximate surface area is 128 Å². The third kappa shape index (κ3) is 5.81. The number of nitrogen functional groups attached to an aromatic ring is 1. The minimum absolute atomic E-state index is 0.228. The normalized spacial score (nSPS) is 12.2. The third-order valence-corrected chi connectivity index (χ3v) is 3.19. The van der Waals surface area contributed by atoms with Crippen LogP contribution in [-0.4, -0.2) is 46.6 Å². The van der Waals surface area contributed by atoms with Crippen LogP contribution in [0.1, 0.15) is 20.3 Å². The summed E-state index contributed by atoms with van der Waals surface area (Å²) in [5.41, 5.74) is 7.73. The molecule has 120 valence electrons. The standard InChI is InChI=1S/C16H28N2O3/c1-5-7-21-16-10-14(17)9-15(11-16)18(6-8-19-3)13(2)12-20-4/h9-11,13H,5-8,12,17H2,1-4H3. The van der Waals surface area contributed by atoms with E-state index in [9.17, 15) is 0 Å². The number of ether oxygens (including phenoxy) is 3. The monoisotopic (exact) mass is 296 g/mol. The van der Waals surface area contributed by atoms with E-state index in [4.69, 9.17) is 19.9 Å². The van der Waals surface area contributed by atoms with Crippen molar-refractivity contribution in [1.29, 1.82) is 0 Å². The molecule has 0 aliphatic rings. The van der Waals surface area contributed by atoms with Crippen LogP contribution in [0.25, 0.3) is 0 Å². The highest BCUT2D eigenvalue weighted by molar-refractivity contribution is 5.61. The van der Waals surface area contributed by atoms with Crippen molar-refractivity contribution in [2.75, 3.05) is 51.2 Å². The van der Waals surface area contributed by atoms with Crippen molar-refractivity contribution in [2.45, 2.75) is 26.3 Å². The number of nitrogens with two attached hydrogens (primary N) is 1. The summed E-state index contributed by atoms with van der Waals surface area (Å²) in [5, 5.41) is 0. The summed E-state index contributed by atoms with van der Waals surface area (Å²) < 4.78 is 16.2. The van der Waals surface area contributed by atoms with Gasteiger partial charge < -0.3 is 24.8 Å². The molecule has 0 aromatic heterocycles. The van der Waals surface area contributed by atoms with Gasteiger partial charge in [0.25, 0.3) is 0 Å². The first-order valence-corrected chi connectivity index (χ1v) is 7.40. The van der Waals surface area contributed by atoms with Crippen LogP contribution in [0.3, 0.4) is 0 Å². The highest BCUT2D eigenvalue weighted by Gasteiger charge is 2.15. The molecule has 0 heterocycles. The Kier molecular flexibility index (Phi) is 7.93. The number of benzene rings is 1. The molecule has 0 bridgehead atoms. The molecular formula is C16H28N2O3. The third-order valence-electron chi connectivity index (χ3n) is 3.19. The van der Waals surface area contributed by atoms with Crippen LogP contribution < -0.4 is 15.4 Å². The van der Waals surface area contributed by atoms with Gasteiger partial charge in [-0.3, -0.25) is 0 Å².